The van der Waals surface area contributed by atoms with E-state index in [1.165, 1.54) is 25.7 Å². The first-order chi connectivity index (χ1) is 9.22. The lowest BCUT2D eigenvalue weighted by atomic mass is 9.87. The minimum absolute atomic E-state index is 0.489. The summed E-state index contributed by atoms with van der Waals surface area (Å²) in [5.41, 5.74) is 6.34. The van der Waals surface area contributed by atoms with E-state index in [4.69, 9.17) is 5.73 Å². The van der Waals surface area contributed by atoms with E-state index in [2.05, 4.69) is 27.2 Å². The molecule has 0 aliphatic heterocycles. The lowest BCUT2D eigenvalue weighted by molar-refractivity contribution is 0.361. The van der Waals surface area contributed by atoms with Crippen LogP contribution in [-0.4, -0.2) is 21.0 Å². The zero-order chi connectivity index (χ0) is 13.2. The predicted octanol–water partition coefficient (Wildman–Crippen LogP) is 2.60. The molecule has 0 atom stereocenters. The quantitative estimate of drug-likeness (QED) is 0.864. The van der Waals surface area contributed by atoms with E-state index in [9.17, 15) is 0 Å². The minimum Gasteiger partial charge on any atom is -0.384 e. The molecule has 0 unspecified atom stereocenters. The molecule has 0 aromatic carbocycles. The third-order valence-corrected chi connectivity index (χ3v) is 3.88. The minimum atomic E-state index is 0.489. The summed E-state index contributed by atoms with van der Waals surface area (Å²) in [4.78, 5) is 12.7. The predicted molar refractivity (Wildman–Crippen MR) is 76.8 cm³/mol. The van der Waals surface area contributed by atoms with E-state index >= 15 is 0 Å². The van der Waals surface area contributed by atoms with Gasteiger partial charge in [0.2, 0.25) is 0 Å². The Labute approximate surface area is 112 Å². The van der Waals surface area contributed by atoms with Crippen molar-refractivity contribution in [3.05, 3.63) is 18.5 Å². The Morgan fingerprint density at radius 2 is 1.95 bits per heavy atom. The van der Waals surface area contributed by atoms with Crippen molar-refractivity contribution in [1.82, 2.24) is 15.0 Å². The molecular formula is C14H19N5. The fraction of sp³-hybridized carbons (Fsp3) is 0.500. The maximum atomic E-state index is 5.68. The summed E-state index contributed by atoms with van der Waals surface area (Å²) >= 11 is 0. The van der Waals surface area contributed by atoms with Gasteiger partial charge in [-0.1, -0.05) is 6.92 Å². The molecule has 0 saturated heterocycles. The third kappa shape index (κ3) is 2.59. The average Bonchev–Trinajstić information content (AvgIpc) is 2.41. The van der Waals surface area contributed by atoms with Gasteiger partial charge in [-0.15, -0.1) is 0 Å². The van der Waals surface area contributed by atoms with E-state index in [0.29, 0.717) is 17.5 Å². The number of aromatic nitrogens is 3. The van der Waals surface area contributed by atoms with Gasteiger partial charge in [0.1, 0.15) is 18.0 Å². The van der Waals surface area contributed by atoms with Gasteiger partial charge in [-0.2, -0.15) is 0 Å². The number of pyridine rings is 1. The van der Waals surface area contributed by atoms with Crippen LogP contribution >= 0.6 is 0 Å². The summed E-state index contributed by atoms with van der Waals surface area (Å²) in [6.07, 6.45) is 6.52. The molecule has 5 nitrogen and oxygen atoms in total. The van der Waals surface area contributed by atoms with Crippen LogP contribution in [0.4, 0.5) is 11.6 Å². The van der Waals surface area contributed by atoms with Crippen molar-refractivity contribution in [2.75, 3.05) is 11.1 Å². The van der Waals surface area contributed by atoms with Crippen molar-refractivity contribution < 1.29 is 0 Å². The van der Waals surface area contributed by atoms with Crippen LogP contribution in [0.2, 0.25) is 0 Å². The Bertz CT molecular complexity index is 575. The molecule has 1 saturated carbocycles. The van der Waals surface area contributed by atoms with Gasteiger partial charge in [0.25, 0.3) is 0 Å². The highest BCUT2D eigenvalue weighted by atomic mass is 15.1. The zero-order valence-electron chi connectivity index (χ0n) is 11.1. The molecule has 1 aliphatic rings. The normalized spacial score (nSPS) is 23.4. The number of fused-ring (bicyclic) bond motifs is 1. The summed E-state index contributed by atoms with van der Waals surface area (Å²) < 4.78 is 0. The highest BCUT2D eigenvalue weighted by molar-refractivity contribution is 5.87. The third-order valence-electron chi connectivity index (χ3n) is 3.88. The van der Waals surface area contributed by atoms with Gasteiger partial charge >= 0.3 is 0 Å². The SMILES string of the molecule is CC1CCC(Nc2ncnc3nc(N)ccc23)CC1. The fourth-order valence-corrected chi connectivity index (χ4v) is 2.67. The molecule has 3 rings (SSSR count). The molecule has 19 heavy (non-hydrogen) atoms. The standard InChI is InChI=1S/C14H19N5/c1-9-2-4-10(5-3-9)18-13-11-6-7-12(15)19-14(11)17-8-16-13/h6-10H,2-5H2,1H3,(H3,15,16,17,18,19). The van der Waals surface area contributed by atoms with Crippen molar-refractivity contribution >= 4 is 22.7 Å². The molecule has 1 aliphatic carbocycles. The van der Waals surface area contributed by atoms with Gasteiger partial charge in [0, 0.05) is 6.04 Å². The van der Waals surface area contributed by atoms with Gasteiger partial charge in [-0.3, -0.25) is 0 Å². The number of hydrogen-bond acceptors (Lipinski definition) is 5. The van der Waals surface area contributed by atoms with Crippen molar-refractivity contribution in [2.24, 2.45) is 5.92 Å². The first-order valence-corrected chi connectivity index (χ1v) is 6.86. The number of nitrogens with zero attached hydrogens (tertiary/aromatic N) is 3. The first-order valence-electron chi connectivity index (χ1n) is 6.86. The number of hydrogen-bond donors (Lipinski definition) is 2. The number of nitrogen functional groups attached to an aromatic ring is 1. The van der Waals surface area contributed by atoms with Crippen LogP contribution in [0.1, 0.15) is 32.6 Å². The largest absolute Gasteiger partial charge is 0.384 e. The highest BCUT2D eigenvalue weighted by Gasteiger charge is 2.19. The molecule has 3 N–H and O–H groups in total. The zero-order valence-corrected chi connectivity index (χ0v) is 11.1. The van der Waals surface area contributed by atoms with Crippen LogP contribution in [-0.2, 0) is 0 Å². The molecule has 1 fully saturated rings. The molecule has 2 aromatic rings. The van der Waals surface area contributed by atoms with Crippen molar-refractivity contribution in [3.63, 3.8) is 0 Å². The van der Waals surface area contributed by atoms with Crippen LogP contribution in [0.5, 0.6) is 0 Å². The second-order valence-electron chi connectivity index (χ2n) is 5.43. The summed E-state index contributed by atoms with van der Waals surface area (Å²) in [5.74, 6) is 2.21. The average molecular weight is 257 g/mol. The molecule has 100 valence electrons. The number of nitrogens with one attached hydrogen (secondary N) is 1. The Morgan fingerprint density at radius 3 is 2.74 bits per heavy atom. The van der Waals surface area contributed by atoms with Gasteiger partial charge in [-0.25, -0.2) is 15.0 Å². The van der Waals surface area contributed by atoms with Gasteiger partial charge in [0.15, 0.2) is 5.65 Å². The van der Waals surface area contributed by atoms with E-state index in [1.54, 1.807) is 12.4 Å². The molecule has 0 bridgehead atoms. The molecule has 2 heterocycles. The van der Waals surface area contributed by atoms with E-state index in [1.807, 2.05) is 6.07 Å². The molecular weight excluding hydrogens is 238 g/mol. The van der Waals surface area contributed by atoms with Crippen molar-refractivity contribution in [2.45, 2.75) is 38.6 Å². The number of anilines is 2. The van der Waals surface area contributed by atoms with Gasteiger partial charge in [-0.05, 0) is 43.7 Å². The Kier molecular flexibility index (Phi) is 3.19. The van der Waals surface area contributed by atoms with Gasteiger partial charge < -0.3 is 11.1 Å². The van der Waals surface area contributed by atoms with Crippen molar-refractivity contribution in [3.8, 4) is 0 Å². The molecule has 2 aromatic heterocycles. The first kappa shape index (κ1) is 12.1. The van der Waals surface area contributed by atoms with Crippen molar-refractivity contribution in [1.29, 1.82) is 0 Å². The molecule has 0 spiro atoms. The monoisotopic (exact) mass is 257 g/mol. The maximum Gasteiger partial charge on any atom is 0.166 e. The Morgan fingerprint density at radius 1 is 1.16 bits per heavy atom. The lowest BCUT2D eigenvalue weighted by Gasteiger charge is -2.27. The Balaban J connectivity index is 1.84. The van der Waals surface area contributed by atoms with E-state index in [0.717, 1.165) is 17.1 Å². The molecule has 0 amide bonds. The van der Waals surface area contributed by atoms with Crippen LogP contribution < -0.4 is 11.1 Å². The van der Waals surface area contributed by atoms with E-state index in [-0.39, 0.29) is 0 Å². The van der Waals surface area contributed by atoms with Crippen LogP contribution in [0.25, 0.3) is 11.0 Å². The Hall–Kier alpha value is -1.91. The second-order valence-corrected chi connectivity index (χ2v) is 5.43. The number of nitrogens with two attached hydrogens (primary N) is 1. The van der Waals surface area contributed by atoms with Crippen LogP contribution in [0.3, 0.4) is 0 Å². The maximum absolute atomic E-state index is 5.68. The van der Waals surface area contributed by atoms with Gasteiger partial charge in [0.05, 0.1) is 5.39 Å². The lowest BCUT2D eigenvalue weighted by Crippen LogP contribution is -2.25. The summed E-state index contributed by atoms with van der Waals surface area (Å²) in [7, 11) is 0. The molecule has 0 radical (unpaired) electrons. The summed E-state index contributed by atoms with van der Waals surface area (Å²) in [5, 5.41) is 4.47. The van der Waals surface area contributed by atoms with Crippen LogP contribution in [0.15, 0.2) is 18.5 Å². The smallest absolute Gasteiger partial charge is 0.166 e. The second kappa shape index (κ2) is 4.99. The fourth-order valence-electron chi connectivity index (χ4n) is 2.67. The summed E-state index contributed by atoms with van der Waals surface area (Å²) in [6.45, 7) is 2.32. The van der Waals surface area contributed by atoms with Crippen LogP contribution in [0, 0.1) is 5.92 Å². The number of rotatable bonds is 2. The van der Waals surface area contributed by atoms with E-state index < -0.39 is 0 Å². The molecule has 5 heteroatoms. The summed E-state index contributed by atoms with van der Waals surface area (Å²) in [6, 6.07) is 4.23. The topological polar surface area (TPSA) is 76.7 Å². The highest BCUT2D eigenvalue weighted by Crippen LogP contribution is 2.27.